The van der Waals surface area contributed by atoms with E-state index in [1.807, 2.05) is 24.1 Å². The second kappa shape index (κ2) is 6.67. The zero-order chi connectivity index (χ0) is 13.5. The topological polar surface area (TPSA) is 64.3 Å². The molecule has 4 nitrogen and oxygen atoms in total. The summed E-state index contributed by atoms with van der Waals surface area (Å²) in [4.78, 5) is 12.7. The van der Waals surface area contributed by atoms with Crippen molar-refractivity contribution in [3.63, 3.8) is 0 Å². The number of carboxylic acids is 1. The first-order valence-electron chi connectivity index (χ1n) is 5.30. The molecule has 0 bridgehead atoms. The standard InChI is InChI=1S/C13H13ClN2O2/c1-16(7-6-14)12-4-2-10(3-5-12)8-11(9-15)13(17)18/h2-5,8H,6-7H2,1H3,(H,17,18). The fraction of sp³-hybridized carbons (Fsp3) is 0.231. The lowest BCUT2D eigenvalue weighted by molar-refractivity contribution is -0.132. The van der Waals surface area contributed by atoms with Gasteiger partial charge >= 0.3 is 5.97 Å². The van der Waals surface area contributed by atoms with E-state index in [0.717, 1.165) is 12.2 Å². The molecule has 94 valence electrons. The minimum Gasteiger partial charge on any atom is -0.477 e. The Bertz CT molecular complexity index is 489. The minimum absolute atomic E-state index is 0.281. The fourth-order valence-electron chi connectivity index (χ4n) is 1.39. The van der Waals surface area contributed by atoms with Gasteiger partial charge in [0, 0.05) is 25.2 Å². The van der Waals surface area contributed by atoms with Crippen molar-refractivity contribution in [2.45, 2.75) is 0 Å². The summed E-state index contributed by atoms with van der Waals surface area (Å²) in [5.74, 6) is -0.684. The Morgan fingerprint density at radius 2 is 2.11 bits per heavy atom. The van der Waals surface area contributed by atoms with Crippen LogP contribution in [0.25, 0.3) is 6.08 Å². The molecule has 0 radical (unpaired) electrons. The van der Waals surface area contributed by atoms with Gasteiger partial charge in [0.1, 0.15) is 11.6 Å². The van der Waals surface area contributed by atoms with Gasteiger partial charge in [-0.05, 0) is 23.8 Å². The highest BCUT2D eigenvalue weighted by Crippen LogP contribution is 2.15. The molecule has 5 heteroatoms. The number of nitrogens with zero attached hydrogens (tertiary/aromatic N) is 2. The van der Waals surface area contributed by atoms with Crippen LogP contribution in [0, 0.1) is 11.3 Å². The van der Waals surface area contributed by atoms with Crippen LogP contribution in [0.5, 0.6) is 0 Å². The van der Waals surface area contributed by atoms with Crippen LogP contribution in [-0.4, -0.2) is 30.5 Å². The number of alkyl halides is 1. The van der Waals surface area contributed by atoms with Gasteiger partial charge in [-0.15, -0.1) is 11.6 Å². The molecule has 0 unspecified atom stereocenters. The zero-order valence-electron chi connectivity index (χ0n) is 9.93. The molecule has 0 aliphatic heterocycles. The van der Waals surface area contributed by atoms with E-state index >= 15 is 0 Å². The van der Waals surface area contributed by atoms with E-state index in [1.165, 1.54) is 6.08 Å². The van der Waals surface area contributed by atoms with E-state index in [0.29, 0.717) is 11.4 Å². The molecule has 0 amide bonds. The first-order chi connectivity index (χ1) is 8.58. The van der Waals surface area contributed by atoms with Crippen LogP contribution < -0.4 is 4.90 Å². The maximum absolute atomic E-state index is 10.7. The number of carbonyl (C=O) groups is 1. The molecular weight excluding hydrogens is 252 g/mol. The molecule has 0 saturated heterocycles. The van der Waals surface area contributed by atoms with Crippen molar-refractivity contribution >= 4 is 29.3 Å². The van der Waals surface area contributed by atoms with Gasteiger partial charge in [-0.3, -0.25) is 0 Å². The maximum Gasteiger partial charge on any atom is 0.346 e. The summed E-state index contributed by atoms with van der Waals surface area (Å²) in [6.07, 6.45) is 1.34. The summed E-state index contributed by atoms with van der Waals surface area (Å²) >= 11 is 5.65. The first-order valence-corrected chi connectivity index (χ1v) is 5.84. The Morgan fingerprint density at radius 3 is 2.56 bits per heavy atom. The van der Waals surface area contributed by atoms with Gasteiger partial charge in [-0.2, -0.15) is 5.26 Å². The van der Waals surface area contributed by atoms with E-state index in [2.05, 4.69) is 0 Å². The van der Waals surface area contributed by atoms with Crippen molar-refractivity contribution in [2.75, 3.05) is 24.4 Å². The molecule has 1 N–H and O–H groups in total. The summed E-state index contributed by atoms with van der Waals surface area (Å²) in [5.41, 5.74) is 1.38. The number of rotatable bonds is 5. The third-order valence-corrected chi connectivity index (χ3v) is 2.58. The molecule has 0 aromatic heterocycles. The summed E-state index contributed by atoms with van der Waals surface area (Å²) < 4.78 is 0. The molecule has 1 rings (SSSR count). The monoisotopic (exact) mass is 264 g/mol. The second-order valence-electron chi connectivity index (χ2n) is 3.68. The van der Waals surface area contributed by atoms with Crippen molar-refractivity contribution in [3.8, 4) is 6.07 Å². The predicted molar refractivity (Wildman–Crippen MR) is 71.7 cm³/mol. The van der Waals surface area contributed by atoms with E-state index in [4.69, 9.17) is 22.0 Å². The van der Waals surface area contributed by atoms with Crippen LogP contribution >= 0.6 is 11.6 Å². The van der Waals surface area contributed by atoms with Crippen LogP contribution in [-0.2, 0) is 4.79 Å². The second-order valence-corrected chi connectivity index (χ2v) is 4.06. The van der Waals surface area contributed by atoms with Crippen molar-refractivity contribution < 1.29 is 9.90 Å². The van der Waals surface area contributed by atoms with Gasteiger partial charge < -0.3 is 10.0 Å². The van der Waals surface area contributed by atoms with E-state index in [9.17, 15) is 4.79 Å². The number of benzene rings is 1. The van der Waals surface area contributed by atoms with Crippen molar-refractivity contribution in [3.05, 3.63) is 35.4 Å². The highest BCUT2D eigenvalue weighted by molar-refractivity contribution is 6.18. The van der Waals surface area contributed by atoms with Gasteiger partial charge in [0.15, 0.2) is 0 Å². The molecular formula is C13H13ClN2O2. The molecule has 1 aromatic carbocycles. The SMILES string of the molecule is CN(CCCl)c1ccc(C=C(C#N)C(=O)O)cc1. The maximum atomic E-state index is 10.7. The van der Waals surface area contributed by atoms with Crippen LogP contribution in [0.4, 0.5) is 5.69 Å². The van der Waals surface area contributed by atoms with E-state index in [-0.39, 0.29) is 5.57 Å². The fourth-order valence-corrected chi connectivity index (χ4v) is 1.64. The minimum atomic E-state index is -1.22. The van der Waals surface area contributed by atoms with Gasteiger partial charge in [0.05, 0.1) is 0 Å². The number of anilines is 1. The van der Waals surface area contributed by atoms with Gasteiger partial charge in [-0.1, -0.05) is 12.1 Å². The molecule has 18 heavy (non-hydrogen) atoms. The molecule has 0 aliphatic carbocycles. The first kappa shape index (κ1) is 14.1. The number of carboxylic acid groups (broad SMARTS) is 1. The predicted octanol–water partition coefficient (Wildman–Crippen LogP) is 2.35. The van der Waals surface area contributed by atoms with Gasteiger partial charge in [-0.25, -0.2) is 4.79 Å². The number of halogens is 1. The number of nitriles is 1. The molecule has 0 spiro atoms. The third kappa shape index (κ3) is 3.79. The Kier molecular flexibility index (Phi) is 5.22. The lowest BCUT2D eigenvalue weighted by Crippen LogP contribution is -2.19. The summed E-state index contributed by atoms with van der Waals surface area (Å²) in [5, 5.41) is 17.4. The molecule has 0 aliphatic rings. The lowest BCUT2D eigenvalue weighted by Gasteiger charge is -2.17. The van der Waals surface area contributed by atoms with Crippen molar-refractivity contribution in [2.24, 2.45) is 0 Å². The molecule has 0 atom stereocenters. The Morgan fingerprint density at radius 1 is 1.50 bits per heavy atom. The van der Waals surface area contributed by atoms with Gasteiger partial charge in [0.2, 0.25) is 0 Å². The number of hydrogen-bond donors (Lipinski definition) is 1. The smallest absolute Gasteiger partial charge is 0.346 e. The highest BCUT2D eigenvalue weighted by Gasteiger charge is 2.05. The number of hydrogen-bond acceptors (Lipinski definition) is 3. The molecule has 1 aromatic rings. The Hall–Kier alpha value is -1.99. The normalized spacial score (nSPS) is 10.8. The van der Waals surface area contributed by atoms with Crippen molar-refractivity contribution in [1.29, 1.82) is 5.26 Å². The van der Waals surface area contributed by atoms with Crippen molar-refractivity contribution in [1.82, 2.24) is 0 Å². The molecule has 0 saturated carbocycles. The molecule has 0 heterocycles. The van der Waals surface area contributed by atoms with Crippen LogP contribution in [0.2, 0.25) is 0 Å². The molecule has 0 fully saturated rings. The summed E-state index contributed by atoms with van der Waals surface area (Å²) in [6, 6.07) is 8.88. The average molecular weight is 265 g/mol. The van der Waals surface area contributed by atoms with Crippen LogP contribution in [0.3, 0.4) is 0 Å². The van der Waals surface area contributed by atoms with Crippen LogP contribution in [0.1, 0.15) is 5.56 Å². The largest absolute Gasteiger partial charge is 0.477 e. The van der Waals surface area contributed by atoms with Crippen LogP contribution in [0.15, 0.2) is 29.8 Å². The van der Waals surface area contributed by atoms with Gasteiger partial charge in [0.25, 0.3) is 0 Å². The Labute approximate surface area is 111 Å². The quantitative estimate of drug-likeness (QED) is 0.504. The Balaban J connectivity index is 2.90. The van der Waals surface area contributed by atoms with E-state index < -0.39 is 5.97 Å². The number of aliphatic carboxylic acids is 1. The summed E-state index contributed by atoms with van der Waals surface area (Å²) in [6.45, 7) is 0.731. The average Bonchev–Trinajstić information content (AvgIpc) is 2.36. The zero-order valence-corrected chi connectivity index (χ0v) is 10.7. The third-order valence-electron chi connectivity index (χ3n) is 2.42. The lowest BCUT2D eigenvalue weighted by atomic mass is 10.1. The highest BCUT2D eigenvalue weighted by atomic mass is 35.5. The summed E-state index contributed by atoms with van der Waals surface area (Å²) in [7, 11) is 1.92. The van der Waals surface area contributed by atoms with E-state index in [1.54, 1.807) is 18.2 Å².